The standard InChI is InChI=1S/C22H23N3O5/c1-28-19-9-10-20(16-7-3-2-6-15(16)19)29-13-14-12-18(25-30-14)22(27)24-17-8-4-5-11-23-21(17)26/h2-3,6-7,9-10,12,17H,4-5,8,11,13H2,1H3,(H,23,26)(H,24,27)/t17-/m0/s1. The third-order valence-electron chi connectivity index (χ3n) is 5.07. The number of benzene rings is 2. The summed E-state index contributed by atoms with van der Waals surface area (Å²) in [5.74, 6) is 1.23. The van der Waals surface area contributed by atoms with Crippen molar-refractivity contribution in [2.45, 2.75) is 31.9 Å². The highest BCUT2D eigenvalue weighted by Crippen LogP contribution is 2.33. The zero-order valence-electron chi connectivity index (χ0n) is 16.6. The maximum Gasteiger partial charge on any atom is 0.274 e. The van der Waals surface area contributed by atoms with Crippen molar-refractivity contribution in [3.05, 3.63) is 53.9 Å². The molecule has 156 valence electrons. The number of amides is 2. The van der Waals surface area contributed by atoms with Crippen molar-refractivity contribution < 1.29 is 23.6 Å². The molecular weight excluding hydrogens is 386 g/mol. The molecule has 3 aromatic rings. The van der Waals surface area contributed by atoms with Gasteiger partial charge in [0.1, 0.15) is 24.1 Å². The number of fused-ring (bicyclic) bond motifs is 1. The number of hydrogen-bond donors (Lipinski definition) is 2. The second-order valence-electron chi connectivity index (χ2n) is 7.09. The molecule has 0 unspecified atom stereocenters. The molecule has 0 saturated carbocycles. The molecule has 2 aromatic carbocycles. The number of methoxy groups -OCH3 is 1. The van der Waals surface area contributed by atoms with E-state index in [1.807, 2.05) is 36.4 Å². The van der Waals surface area contributed by atoms with Gasteiger partial charge in [-0.25, -0.2) is 0 Å². The van der Waals surface area contributed by atoms with E-state index in [0.29, 0.717) is 24.5 Å². The molecular formula is C22H23N3O5. The Labute approximate surface area is 173 Å². The van der Waals surface area contributed by atoms with Crippen LogP contribution in [0.15, 0.2) is 47.0 Å². The van der Waals surface area contributed by atoms with E-state index in [9.17, 15) is 9.59 Å². The predicted octanol–water partition coefficient (Wildman–Crippen LogP) is 2.81. The molecule has 0 aliphatic carbocycles. The van der Waals surface area contributed by atoms with Crippen molar-refractivity contribution in [1.82, 2.24) is 15.8 Å². The predicted molar refractivity (Wildman–Crippen MR) is 109 cm³/mol. The number of hydrogen-bond acceptors (Lipinski definition) is 6. The summed E-state index contributed by atoms with van der Waals surface area (Å²) in [4.78, 5) is 24.4. The van der Waals surface area contributed by atoms with Crippen LogP contribution in [0.1, 0.15) is 35.5 Å². The van der Waals surface area contributed by atoms with Gasteiger partial charge in [-0.1, -0.05) is 29.4 Å². The van der Waals surface area contributed by atoms with Crippen LogP contribution in [0, 0.1) is 0 Å². The molecule has 8 nitrogen and oxygen atoms in total. The molecule has 1 aromatic heterocycles. The van der Waals surface area contributed by atoms with Gasteiger partial charge in [0.15, 0.2) is 11.5 Å². The van der Waals surface area contributed by atoms with Gasteiger partial charge in [0, 0.05) is 23.4 Å². The molecule has 0 bridgehead atoms. The van der Waals surface area contributed by atoms with Crippen molar-refractivity contribution in [2.24, 2.45) is 0 Å². The van der Waals surface area contributed by atoms with Crippen molar-refractivity contribution in [2.75, 3.05) is 13.7 Å². The van der Waals surface area contributed by atoms with Crippen molar-refractivity contribution in [3.63, 3.8) is 0 Å². The largest absolute Gasteiger partial charge is 0.496 e. The van der Waals surface area contributed by atoms with Gasteiger partial charge in [0.25, 0.3) is 5.91 Å². The van der Waals surface area contributed by atoms with E-state index < -0.39 is 11.9 Å². The Hall–Kier alpha value is -3.55. The molecule has 30 heavy (non-hydrogen) atoms. The van der Waals surface area contributed by atoms with Crippen LogP contribution in [0.4, 0.5) is 0 Å². The average molecular weight is 409 g/mol. The SMILES string of the molecule is COc1ccc(OCc2cc(C(=O)N[C@H]3CCCCNC3=O)no2)c2ccccc12. The number of carbonyl (C=O) groups excluding carboxylic acids is 2. The summed E-state index contributed by atoms with van der Waals surface area (Å²) in [6.45, 7) is 0.747. The van der Waals surface area contributed by atoms with E-state index in [0.717, 1.165) is 29.4 Å². The number of aromatic nitrogens is 1. The maximum absolute atomic E-state index is 12.4. The van der Waals surface area contributed by atoms with Gasteiger partial charge in [-0.2, -0.15) is 0 Å². The second-order valence-corrected chi connectivity index (χ2v) is 7.09. The Morgan fingerprint density at radius 1 is 1.20 bits per heavy atom. The first-order valence-electron chi connectivity index (χ1n) is 9.88. The summed E-state index contributed by atoms with van der Waals surface area (Å²) in [7, 11) is 1.63. The van der Waals surface area contributed by atoms with Crippen molar-refractivity contribution in [1.29, 1.82) is 0 Å². The number of nitrogens with zero attached hydrogens (tertiary/aromatic N) is 1. The number of carbonyl (C=O) groups is 2. The molecule has 2 N–H and O–H groups in total. The smallest absolute Gasteiger partial charge is 0.274 e. The Kier molecular flexibility index (Phi) is 5.83. The van der Waals surface area contributed by atoms with Crippen molar-refractivity contribution >= 4 is 22.6 Å². The first-order chi connectivity index (χ1) is 14.7. The van der Waals surface area contributed by atoms with E-state index >= 15 is 0 Å². The van der Waals surface area contributed by atoms with Gasteiger partial charge in [0.05, 0.1) is 7.11 Å². The van der Waals surface area contributed by atoms with Crippen molar-refractivity contribution in [3.8, 4) is 11.5 Å². The maximum atomic E-state index is 12.4. The summed E-state index contributed by atoms with van der Waals surface area (Å²) in [6.07, 6.45) is 2.39. The highest BCUT2D eigenvalue weighted by atomic mass is 16.5. The van der Waals surface area contributed by atoms with Crippen LogP contribution in [0.5, 0.6) is 11.5 Å². The second kappa shape index (κ2) is 8.86. The molecule has 2 amide bonds. The van der Waals surface area contributed by atoms with Crippen LogP contribution in [0.3, 0.4) is 0 Å². The van der Waals surface area contributed by atoms with Crippen LogP contribution >= 0.6 is 0 Å². The normalized spacial score (nSPS) is 16.6. The lowest BCUT2D eigenvalue weighted by molar-refractivity contribution is -0.122. The lowest BCUT2D eigenvalue weighted by atomic mass is 10.1. The topological polar surface area (TPSA) is 103 Å². The molecule has 1 aliphatic heterocycles. The van der Waals surface area contributed by atoms with E-state index in [-0.39, 0.29) is 18.2 Å². The van der Waals surface area contributed by atoms with Gasteiger partial charge in [-0.05, 0) is 31.4 Å². The molecule has 1 aliphatic rings. The summed E-state index contributed by atoms with van der Waals surface area (Å²) in [6, 6.07) is 12.4. The first-order valence-corrected chi connectivity index (χ1v) is 9.88. The number of ether oxygens (including phenoxy) is 2. The third-order valence-corrected chi connectivity index (χ3v) is 5.07. The van der Waals surface area contributed by atoms with E-state index in [1.165, 1.54) is 6.07 Å². The molecule has 1 atom stereocenters. The van der Waals surface area contributed by atoms with Gasteiger partial charge < -0.3 is 24.6 Å². The Morgan fingerprint density at radius 2 is 1.97 bits per heavy atom. The average Bonchev–Trinajstić information content (AvgIpc) is 3.16. The van der Waals surface area contributed by atoms with Gasteiger partial charge in [0.2, 0.25) is 5.91 Å². The molecule has 1 saturated heterocycles. The van der Waals surface area contributed by atoms with Crippen LogP contribution < -0.4 is 20.1 Å². The quantitative estimate of drug-likeness (QED) is 0.649. The molecule has 4 rings (SSSR count). The molecule has 0 radical (unpaired) electrons. The zero-order valence-corrected chi connectivity index (χ0v) is 16.6. The van der Waals surface area contributed by atoms with E-state index in [1.54, 1.807) is 7.11 Å². The van der Waals surface area contributed by atoms with Crippen LogP contribution in [0.2, 0.25) is 0 Å². The Balaban J connectivity index is 1.42. The highest BCUT2D eigenvalue weighted by Gasteiger charge is 2.24. The monoisotopic (exact) mass is 409 g/mol. The summed E-state index contributed by atoms with van der Waals surface area (Å²) in [5, 5.41) is 11.2. The number of rotatable bonds is 6. The summed E-state index contributed by atoms with van der Waals surface area (Å²) in [5.41, 5.74) is 0.116. The van der Waals surface area contributed by atoms with E-state index in [2.05, 4.69) is 15.8 Å². The van der Waals surface area contributed by atoms with Gasteiger partial charge in [-0.3, -0.25) is 9.59 Å². The van der Waals surface area contributed by atoms with Gasteiger partial charge >= 0.3 is 0 Å². The van der Waals surface area contributed by atoms with Gasteiger partial charge in [-0.15, -0.1) is 0 Å². The van der Waals surface area contributed by atoms with Crippen LogP contribution in [0.25, 0.3) is 10.8 Å². The molecule has 0 spiro atoms. The number of nitrogens with one attached hydrogen (secondary N) is 2. The molecule has 2 heterocycles. The van der Waals surface area contributed by atoms with Crippen LogP contribution in [-0.4, -0.2) is 36.7 Å². The Bertz CT molecular complexity index is 1060. The summed E-state index contributed by atoms with van der Waals surface area (Å²) >= 11 is 0. The fourth-order valence-electron chi connectivity index (χ4n) is 3.49. The first kappa shape index (κ1) is 19.8. The lowest BCUT2D eigenvalue weighted by Gasteiger charge is -2.13. The molecule has 8 heteroatoms. The minimum Gasteiger partial charge on any atom is -0.496 e. The highest BCUT2D eigenvalue weighted by molar-refractivity contribution is 5.96. The summed E-state index contributed by atoms with van der Waals surface area (Å²) < 4.78 is 16.5. The molecule has 1 fully saturated rings. The Morgan fingerprint density at radius 3 is 2.77 bits per heavy atom. The van der Waals surface area contributed by atoms with E-state index in [4.69, 9.17) is 14.0 Å². The fourth-order valence-corrected chi connectivity index (χ4v) is 3.49. The fraction of sp³-hybridized carbons (Fsp3) is 0.318. The van der Waals surface area contributed by atoms with Crippen LogP contribution in [-0.2, 0) is 11.4 Å². The third kappa shape index (κ3) is 4.22. The minimum atomic E-state index is -0.554. The minimum absolute atomic E-state index is 0.112. The lowest BCUT2D eigenvalue weighted by Crippen LogP contribution is -2.45. The zero-order chi connectivity index (χ0) is 20.9.